The SMILES string of the molecule is CCC(CO)(CO)NC(=O)Cc1c(F)cccc1F. The quantitative estimate of drug-likeness (QED) is 0.716. The molecule has 0 fully saturated rings. The van der Waals surface area contributed by atoms with Crippen LogP contribution in [0.25, 0.3) is 0 Å². The lowest BCUT2D eigenvalue weighted by molar-refractivity contribution is -0.123. The van der Waals surface area contributed by atoms with E-state index in [1.54, 1.807) is 6.92 Å². The summed E-state index contributed by atoms with van der Waals surface area (Å²) in [5.74, 6) is -2.26. The zero-order valence-electron chi connectivity index (χ0n) is 10.6. The van der Waals surface area contributed by atoms with Crippen molar-refractivity contribution in [3.8, 4) is 0 Å². The summed E-state index contributed by atoms with van der Waals surface area (Å²) in [5, 5.41) is 20.8. The molecule has 0 spiro atoms. The molecule has 0 unspecified atom stereocenters. The van der Waals surface area contributed by atoms with Crippen LogP contribution in [0.1, 0.15) is 18.9 Å². The van der Waals surface area contributed by atoms with Gasteiger partial charge in [0.2, 0.25) is 5.91 Å². The molecule has 1 rings (SSSR count). The molecule has 0 aliphatic heterocycles. The molecule has 3 N–H and O–H groups in total. The van der Waals surface area contributed by atoms with Gasteiger partial charge in [-0.25, -0.2) is 8.78 Å². The molecule has 1 aromatic carbocycles. The maximum atomic E-state index is 13.4. The van der Waals surface area contributed by atoms with Gasteiger partial charge in [-0.15, -0.1) is 0 Å². The number of rotatable bonds is 6. The van der Waals surface area contributed by atoms with Gasteiger partial charge in [0.1, 0.15) is 11.6 Å². The topological polar surface area (TPSA) is 69.6 Å². The predicted molar refractivity (Wildman–Crippen MR) is 65.4 cm³/mol. The van der Waals surface area contributed by atoms with Crippen molar-refractivity contribution < 1.29 is 23.8 Å². The molecule has 1 aromatic rings. The zero-order chi connectivity index (χ0) is 14.5. The molecule has 1 amide bonds. The number of nitrogens with one attached hydrogen (secondary N) is 1. The molecule has 6 heteroatoms. The molecule has 0 bridgehead atoms. The number of hydrogen-bond donors (Lipinski definition) is 3. The Labute approximate surface area is 110 Å². The molecule has 0 aliphatic carbocycles. The molecule has 0 heterocycles. The molecule has 19 heavy (non-hydrogen) atoms. The maximum Gasteiger partial charge on any atom is 0.225 e. The van der Waals surface area contributed by atoms with Crippen LogP contribution in [0.4, 0.5) is 8.78 Å². The van der Waals surface area contributed by atoms with Crippen molar-refractivity contribution in [3.05, 3.63) is 35.4 Å². The lowest BCUT2D eigenvalue weighted by atomic mass is 9.97. The number of aliphatic hydroxyl groups excluding tert-OH is 2. The second-order valence-electron chi connectivity index (χ2n) is 4.38. The van der Waals surface area contributed by atoms with E-state index in [0.29, 0.717) is 6.42 Å². The highest BCUT2D eigenvalue weighted by molar-refractivity contribution is 5.79. The summed E-state index contributed by atoms with van der Waals surface area (Å²) in [5.41, 5.74) is -1.50. The monoisotopic (exact) mass is 273 g/mol. The van der Waals surface area contributed by atoms with Gasteiger partial charge in [0.25, 0.3) is 0 Å². The lowest BCUT2D eigenvalue weighted by Gasteiger charge is -2.29. The Morgan fingerprint density at radius 1 is 1.26 bits per heavy atom. The van der Waals surface area contributed by atoms with Gasteiger partial charge in [-0.05, 0) is 18.6 Å². The third-order valence-corrected chi connectivity index (χ3v) is 3.09. The van der Waals surface area contributed by atoms with Crippen molar-refractivity contribution in [3.63, 3.8) is 0 Å². The first-order valence-electron chi connectivity index (χ1n) is 5.93. The van der Waals surface area contributed by atoms with E-state index < -0.39 is 42.7 Å². The molecule has 106 valence electrons. The van der Waals surface area contributed by atoms with Gasteiger partial charge in [0.05, 0.1) is 25.2 Å². The van der Waals surface area contributed by atoms with Crippen LogP contribution in [0.2, 0.25) is 0 Å². The van der Waals surface area contributed by atoms with E-state index in [9.17, 15) is 23.8 Å². The average molecular weight is 273 g/mol. The Morgan fingerprint density at radius 3 is 2.21 bits per heavy atom. The van der Waals surface area contributed by atoms with Gasteiger partial charge < -0.3 is 15.5 Å². The van der Waals surface area contributed by atoms with Crippen LogP contribution in [-0.4, -0.2) is 34.9 Å². The minimum atomic E-state index is -1.17. The minimum absolute atomic E-state index is 0.297. The van der Waals surface area contributed by atoms with Crippen LogP contribution in [-0.2, 0) is 11.2 Å². The zero-order valence-corrected chi connectivity index (χ0v) is 10.6. The third-order valence-electron chi connectivity index (χ3n) is 3.09. The van der Waals surface area contributed by atoms with E-state index in [1.165, 1.54) is 6.07 Å². The summed E-state index contributed by atoms with van der Waals surface area (Å²) < 4.78 is 26.7. The molecule has 0 atom stereocenters. The normalized spacial score (nSPS) is 11.4. The number of benzene rings is 1. The van der Waals surface area contributed by atoms with Gasteiger partial charge in [0, 0.05) is 5.56 Å². The van der Waals surface area contributed by atoms with E-state index in [-0.39, 0.29) is 5.56 Å². The van der Waals surface area contributed by atoms with Gasteiger partial charge >= 0.3 is 0 Å². The molecule has 0 radical (unpaired) electrons. The number of carbonyl (C=O) groups is 1. The minimum Gasteiger partial charge on any atom is -0.394 e. The van der Waals surface area contributed by atoms with Gasteiger partial charge in [-0.3, -0.25) is 4.79 Å². The largest absolute Gasteiger partial charge is 0.394 e. The van der Waals surface area contributed by atoms with Crippen LogP contribution in [0.15, 0.2) is 18.2 Å². The molecule has 0 saturated carbocycles. The second-order valence-corrected chi connectivity index (χ2v) is 4.38. The fraction of sp³-hybridized carbons (Fsp3) is 0.462. The summed E-state index contributed by atoms with van der Waals surface area (Å²) in [7, 11) is 0. The standard InChI is InChI=1S/C13H17F2NO3/c1-2-13(7-17,8-18)16-12(19)6-9-10(14)4-3-5-11(9)15/h3-5,17-18H,2,6-8H2,1H3,(H,16,19). The van der Waals surface area contributed by atoms with Crippen molar-refractivity contribution in [1.82, 2.24) is 5.32 Å². The van der Waals surface area contributed by atoms with E-state index in [1.807, 2.05) is 0 Å². The van der Waals surface area contributed by atoms with Crippen LogP contribution in [0, 0.1) is 11.6 Å². The van der Waals surface area contributed by atoms with Crippen molar-refractivity contribution >= 4 is 5.91 Å². The first-order chi connectivity index (χ1) is 8.98. The van der Waals surface area contributed by atoms with Crippen LogP contribution >= 0.6 is 0 Å². The number of carbonyl (C=O) groups excluding carboxylic acids is 1. The third kappa shape index (κ3) is 3.71. The van der Waals surface area contributed by atoms with Crippen molar-refractivity contribution in [1.29, 1.82) is 0 Å². The maximum absolute atomic E-state index is 13.4. The average Bonchev–Trinajstić information content (AvgIpc) is 2.41. The molecule has 0 aromatic heterocycles. The Kier molecular flexibility index (Phi) is 5.38. The molecule has 0 saturated heterocycles. The van der Waals surface area contributed by atoms with Crippen LogP contribution in [0.5, 0.6) is 0 Å². The fourth-order valence-electron chi connectivity index (χ4n) is 1.64. The van der Waals surface area contributed by atoms with Crippen LogP contribution < -0.4 is 5.32 Å². The second kappa shape index (κ2) is 6.58. The Balaban J connectivity index is 2.81. The molecular weight excluding hydrogens is 256 g/mol. The summed E-state index contributed by atoms with van der Waals surface area (Å²) in [6.07, 6.45) is -0.189. The Morgan fingerprint density at radius 2 is 1.79 bits per heavy atom. The fourth-order valence-corrected chi connectivity index (χ4v) is 1.64. The van der Waals surface area contributed by atoms with Crippen molar-refractivity contribution in [2.75, 3.05) is 13.2 Å². The predicted octanol–water partition coefficient (Wildman–Crippen LogP) is 0.757. The first kappa shape index (κ1) is 15.5. The number of hydrogen-bond acceptors (Lipinski definition) is 3. The van der Waals surface area contributed by atoms with Gasteiger partial charge in [-0.1, -0.05) is 13.0 Å². The molecular formula is C13H17F2NO3. The van der Waals surface area contributed by atoms with Crippen molar-refractivity contribution in [2.24, 2.45) is 0 Å². The smallest absolute Gasteiger partial charge is 0.225 e. The van der Waals surface area contributed by atoms with Crippen LogP contribution in [0.3, 0.4) is 0 Å². The summed E-state index contributed by atoms with van der Waals surface area (Å²) in [4.78, 5) is 11.7. The highest BCUT2D eigenvalue weighted by Gasteiger charge is 2.29. The summed E-state index contributed by atoms with van der Waals surface area (Å²) >= 11 is 0. The van der Waals surface area contributed by atoms with E-state index in [4.69, 9.17) is 0 Å². The summed E-state index contributed by atoms with van der Waals surface area (Å²) in [6, 6.07) is 3.34. The van der Waals surface area contributed by atoms with Gasteiger partial charge in [0.15, 0.2) is 0 Å². The first-order valence-corrected chi connectivity index (χ1v) is 5.93. The highest BCUT2D eigenvalue weighted by atomic mass is 19.1. The Bertz CT molecular complexity index is 419. The van der Waals surface area contributed by atoms with E-state index in [0.717, 1.165) is 12.1 Å². The van der Waals surface area contributed by atoms with E-state index >= 15 is 0 Å². The number of amides is 1. The lowest BCUT2D eigenvalue weighted by Crippen LogP contribution is -2.54. The number of halogens is 2. The molecule has 0 aliphatic rings. The highest BCUT2D eigenvalue weighted by Crippen LogP contribution is 2.14. The summed E-state index contributed by atoms with van der Waals surface area (Å²) in [6.45, 7) is 0.771. The van der Waals surface area contributed by atoms with E-state index in [2.05, 4.69) is 5.32 Å². The van der Waals surface area contributed by atoms with Crippen molar-refractivity contribution in [2.45, 2.75) is 25.3 Å². The Hall–Kier alpha value is -1.53. The number of aliphatic hydroxyl groups is 2. The molecule has 4 nitrogen and oxygen atoms in total. The van der Waals surface area contributed by atoms with Gasteiger partial charge in [-0.2, -0.15) is 0 Å².